The second-order valence-corrected chi connectivity index (χ2v) is 4.83. The van der Waals surface area contributed by atoms with Crippen LogP contribution in [0.4, 0.5) is 0 Å². The summed E-state index contributed by atoms with van der Waals surface area (Å²) in [6, 6.07) is 0. The van der Waals surface area contributed by atoms with E-state index < -0.39 is 23.8 Å². The second kappa shape index (κ2) is 2.62. The van der Waals surface area contributed by atoms with E-state index in [1.54, 1.807) is 0 Å². The number of hydrogen-bond acceptors (Lipinski definition) is 2. The van der Waals surface area contributed by atoms with E-state index >= 15 is 0 Å². The van der Waals surface area contributed by atoms with Gasteiger partial charge in [0.15, 0.2) is 0 Å². The molecule has 4 rings (SSSR count). The Morgan fingerprint density at radius 1 is 0.933 bits per heavy atom. The lowest BCUT2D eigenvalue weighted by Crippen LogP contribution is -2.46. The standard InChI is InChI=1S/C11H12O4/c12-10(13)8-4-1-2-5(7-3-6(4)7)9(8)11(14)15/h1-2,4-9H,3H2,(H,12,13)(H,14,15)/t4-,5-,6-,7-,8-,9+/m0/s1. The monoisotopic (exact) mass is 208 g/mol. The van der Waals surface area contributed by atoms with E-state index in [2.05, 4.69) is 0 Å². The third-order valence-corrected chi connectivity index (χ3v) is 4.22. The molecule has 0 aliphatic heterocycles. The van der Waals surface area contributed by atoms with Crippen LogP contribution in [0.15, 0.2) is 12.2 Å². The van der Waals surface area contributed by atoms with Crippen LogP contribution in [0, 0.1) is 35.5 Å². The van der Waals surface area contributed by atoms with E-state index in [1.165, 1.54) is 0 Å². The number of carboxylic acids is 2. The minimum Gasteiger partial charge on any atom is -0.481 e. The van der Waals surface area contributed by atoms with Crippen molar-refractivity contribution in [3.8, 4) is 0 Å². The molecule has 0 aromatic heterocycles. The van der Waals surface area contributed by atoms with Crippen molar-refractivity contribution in [2.75, 3.05) is 0 Å². The SMILES string of the molecule is O=C(O)[C@@H]1[C@H]2C=C[C@@H]([C@@H]3C[C@@H]23)[C@@H]1C(=O)O. The first-order chi connectivity index (χ1) is 7.11. The number of carboxylic acid groups (broad SMARTS) is 2. The van der Waals surface area contributed by atoms with Crippen molar-refractivity contribution >= 4 is 11.9 Å². The summed E-state index contributed by atoms with van der Waals surface area (Å²) in [4.78, 5) is 22.3. The molecule has 0 spiro atoms. The number of allylic oxidation sites excluding steroid dienone is 2. The van der Waals surface area contributed by atoms with Gasteiger partial charge >= 0.3 is 11.9 Å². The molecule has 0 aromatic rings. The lowest BCUT2D eigenvalue weighted by molar-refractivity contribution is -0.160. The van der Waals surface area contributed by atoms with E-state index in [9.17, 15) is 9.59 Å². The predicted octanol–water partition coefficient (Wildman–Crippen LogP) is 0.840. The molecule has 0 saturated heterocycles. The molecule has 15 heavy (non-hydrogen) atoms. The molecule has 80 valence electrons. The zero-order chi connectivity index (χ0) is 10.7. The summed E-state index contributed by atoms with van der Waals surface area (Å²) >= 11 is 0. The van der Waals surface area contributed by atoms with Gasteiger partial charge in [0.05, 0.1) is 11.8 Å². The summed E-state index contributed by atoms with van der Waals surface area (Å²) < 4.78 is 0. The first kappa shape index (κ1) is 8.95. The van der Waals surface area contributed by atoms with Crippen molar-refractivity contribution in [1.82, 2.24) is 0 Å². The zero-order valence-electron chi connectivity index (χ0n) is 8.04. The molecular formula is C11H12O4. The molecule has 0 amide bonds. The number of aliphatic carboxylic acids is 2. The zero-order valence-corrected chi connectivity index (χ0v) is 8.04. The van der Waals surface area contributed by atoms with Crippen LogP contribution < -0.4 is 0 Å². The first-order valence-electron chi connectivity index (χ1n) is 5.25. The van der Waals surface area contributed by atoms with Crippen molar-refractivity contribution < 1.29 is 19.8 Å². The summed E-state index contributed by atoms with van der Waals surface area (Å²) in [5.41, 5.74) is 0. The van der Waals surface area contributed by atoms with Gasteiger partial charge in [-0.3, -0.25) is 9.59 Å². The van der Waals surface area contributed by atoms with Crippen LogP contribution in [-0.2, 0) is 9.59 Å². The highest BCUT2D eigenvalue weighted by Crippen LogP contribution is 2.63. The third-order valence-electron chi connectivity index (χ3n) is 4.22. The van der Waals surface area contributed by atoms with E-state index in [1.807, 2.05) is 12.2 Å². The quantitative estimate of drug-likeness (QED) is 0.659. The van der Waals surface area contributed by atoms with Crippen LogP contribution in [0.1, 0.15) is 6.42 Å². The van der Waals surface area contributed by atoms with Crippen molar-refractivity contribution in [2.45, 2.75) is 6.42 Å². The van der Waals surface area contributed by atoms with Gasteiger partial charge in [-0.25, -0.2) is 0 Å². The summed E-state index contributed by atoms with van der Waals surface area (Å²) in [5, 5.41) is 18.2. The van der Waals surface area contributed by atoms with Gasteiger partial charge in [0.1, 0.15) is 0 Å². The van der Waals surface area contributed by atoms with Crippen molar-refractivity contribution in [3.63, 3.8) is 0 Å². The van der Waals surface area contributed by atoms with Gasteiger partial charge in [0.2, 0.25) is 0 Å². The molecule has 0 heterocycles. The molecule has 2 bridgehead atoms. The Morgan fingerprint density at radius 3 is 1.67 bits per heavy atom. The fraction of sp³-hybridized carbons (Fsp3) is 0.636. The van der Waals surface area contributed by atoms with E-state index in [4.69, 9.17) is 10.2 Å². The fourth-order valence-electron chi connectivity index (χ4n) is 3.55. The Balaban J connectivity index is 2.02. The van der Waals surface area contributed by atoms with Gasteiger partial charge in [-0.2, -0.15) is 0 Å². The number of fused-ring (bicyclic) bond motifs is 1. The highest BCUT2D eigenvalue weighted by atomic mass is 16.4. The average molecular weight is 208 g/mol. The molecule has 4 heteroatoms. The summed E-state index contributed by atoms with van der Waals surface area (Å²) in [6.07, 6.45) is 4.87. The maximum absolute atomic E-state index is 11.1. The molecule has 4 aliphatic rings. The van der Waals surface area contributed by atoms with Crippen LogP contribution in [0.5, 0.6) is 0 Å². The number of hydrogen-bond donors (Lipinski definition) is 2. The number of rotatable bonds is 2. The lowest BCUT2D eigenvalue weighted by Gasteiger charge is -2.40. The molecule has 4 nitrogen and oxygen atoms in total. The molecule has 0 unspecified atom stereocenters. The molecule has 0 aromatic carbocycles. The topological polar surface area (TPSA) is 74.6 Å². The minimum absolute atomic E-state index is 0.0430. The van der Waals surface area contributed by atoms with Crippen molar-refractivity contribution in [3.05, 3.63) is 12.2 Å². The van der Waals surface area contributed by atoms with Crippen molar-refractivity contribution in [2.24, 2.45) is 35.5 Å². The van der Waals surface area contributed by atoms with E-state index in [-0.39, 0.29) is 11.8 Å². The van der Waals surface area contributed by atoms with Gasteiger partial charge in [-0.1, -0.05) is 12.2 Å². The molecule has 4 aliphatic carbocycles. The van der Waals surface area contributed by atoms with Crippen LogP contribution in [0.3, 0.4) is 0 Å². The fourth-order valence-corrected chi connectivity index (χ4v) is 3.55. The lowest BCUT2D eigenvalue weighted by atomic mass is 9.62. The third kappa shape index (κ3) is 1.02. The van der Waals surface area contributed by atoms with Crippen LogP contribution in [-0.4, -0.2) is 22.2 Å². The first-order valence-corrected chi connectivity index (χ1v) is 5.25. The Hall–Kier alpha value is -1.32. The second-order valence-electron chi connectivity index (χ2n) is 4.83. The maximum atomic E-state index is 11.1. The summed E-state index contributed by atoms with van der Waals surface area (Å²) in [7, 11) is 0. The highest BCUT2D eigenvalue weighted by molar-refractivity contribution is 5.82. The van der Waals surface area contributed by atoms with Gasteiger partial charge in [0.25, 0.3) is 0 Å². The molecule has 0 radical (unpaired) electrons. The van der Waals surface area contributed by atoms with Crippen molar-refractivity contribution in [1.29, 1.82) is 0 Å². The van der Waals surface area contributed by atoms with E-state index in [0.29, 0.717) is 11.8 Å². The molecule has 2 fully saturated rings. The van der Waals surface area contributed by atoms with Gasteiger partial charge in [-0.15, -0.1) is 0 Å². The smallest absolute Gasteiger partial charge is 0.308 e. The molecular weight excluding hydrogens is 196 g/mol. The maximum Gasteiger partial charge on any atom is 0.308 e. The molecule has 2 N–H and O–H groups in total. The van der Waals surface area contributed by atoms with Crippen LogP contribution in [0.25, 0.3) is 0 Å². The molecule has 6 atom stereocenters. The van der Waals surface area contributed by atoms with Crippen LogP contribution in [0.2, 0.25) is 0 Å². The molecule has 2 saturated carbocycles. The predicted molar refractivity (Wildman–Crippen MR) is 50.0 cm³/mol. The van der Waals surface area contributed by atoms with Crippen LogP contribution >= 0.6 is 0 Å². The average Bonchev–Trinajstić information content (AvgIpc) is 2.96. The normalized spacial score (nSPS) is 49.9. The Bertz CT molecular complexity index is 339. The summed E-state index contributed by atoms with van der Waals surface area (Å²) in [6.45, 7) is 0. The Kier molecular flexibility index (Phi) is 1.56. The van der Waals surface area contributed by atoms with E-state index in [0.717, 1.165) is 6.42 Å². The Morgan fingerprint density at radius 2 is 1.33 bits per heavy atom. The minimum atomic E-state index is -0.952. The largest absolute Gasteiger partial charge is 0.481 e. The highest BCUT2D eigenvalue weighted by Gasteiger charge is 2.63. The Labute approximate surface area is 86.6 Å². The van der Waals surface area contributed by atoms with Gasteiger partial charge in [-0.05, 0) is 30.1 Å². The summed E-state index contributed by atoms with van der Waals surface area (Å²) in [5.74, 6) is -2.52. The van der Waals surface area contributed by atoms with Gasteiger partial charge < -0.3 is 10.2 Å². The van der Waals surface area contributed by atoms with Gasteiger partial charge in [0, 0.05) is 0 Å². The number of carbonyl (C=O) groups is 2.